The van der Waals surface area contributed by atoms with Crippen LogP contribution >= 0.6 is 23.4 Å². The first-order valence-corrected chi connectivity index (χ1v) is 9.96. The van der Waals surface area contributed by atoms with E-state index in [4.69, 9.17) is 11.6 Å². The highest BCUT2D eigenvalue weighted by molar-refractivity contribution is 7.99. The highest BCUT2D eigenvalue weighted by Crippen LogP contribution is 2.30. The Balaban J connectivity index is 1.35. The third kappa shape index (κ3) is 5.70. The summed E-state index contributed by atoms with van der Waals surface area (Å²) in [6, 6.07) is 8.47. The van der Waals surface area contributed by atoms with Crippen molar-refractivity contribution in [2.45, 2.75) is 43.0 Å². The number of carbonyl (C=O) groups excluding carboxylic acids is 1. The maximum Gasteiger partial charge on any atom is 0.222 e. The smallest absolute Gasteiger partial charge is 0.222 e. The lowest BCUT2D eigenvalue weighted by atomic mass is 10.1. The van der Waals surface area contributed by atoms with Crippen LogP contribution in [0.3, 0.4) is 0 Å². The average molecular weight is 353 g/mol. The monoisotopic (exact) mass is 352 g/mol. The molecule has 3 nitrogen and oxygen atoms in total. The Morgan fingerprint density at radius 3 is 2.70 bits per heavy atom. The highest BCUT2D eigenvalue weighted by Gasteiger charge is 2.28. The van der Waals surface area contributed by atoms with Crippen molar-refractivity contribution in [1.82, 2.24) is 10.2 Å². The van der Waals surface area contributed by atoms with Crippen LogP contribution in [0.25, 0.3) is 0 Å². The van der Waals surface area contributed by atoms with Gasteiger partial charge in [0.1, 0.15) is 0 Å². The molecule has 0 aromatic heterocycles. The first-order chi connectivity index (χ1) is 11.2. The molecule has 1 saturated carbocycles. The Labute approximate surface area is 148 Å². The van der Waals surface area contributed by atoms with E-state index in [1.807, 2.05) is 23.9 Å². The molecule has 1 aromatic rings. The molecule has 1 saturated heterocycles. The Bertz CT molecular complexity index is 518. The number of benzene rings is 1. The molecule has 2 aliphatic rings. The average Bonchev–Trinajstić information content (AvgIpc) is 3.38. The van der Waals surface area contributed by atoms with Gasteiger partial charge in [0.2, 0.25) is 5.91 Å². The molecule has 1 aliphatic carbocycles. The zero-order valence-corrected chi connectivity index (χ0v) is 15.0. The van der Waals surface area contributed by atoms with E-state index in [2.05, 4.69) is 22.3 Å². The van der Waals surface area contributed by atoms with Gasteiger partial charge in [-0.2, -0.15) is 0 Å². The van der Waals surface area contributed by atoms with Crippen molar-refractivity contribution in [1.29, 1.82) is 0 Å². The summed E-state index contributed by atoms with van der Waals surface area (Å²) in [5.41, 5.74) is 0. The molecule has 1 unspecified atom stereocenters. The Morgan fingerprint density at radius 2 is 1.96 bits per heavy atom. The molecular weight excluding hydrogens is 328 g/mol. The number of thioether (sulfide) groups is 1. The number of hydrogen-bond donors (Lipinski definition) is 1. The molecule has 0 spiro atoms. The zero-order valence-electron chi connectivity index (χ0n) is 13.5. The van der Waals surface area contributed by atoms with E-state index in [1.165, 1.54) is 17.7 Å². The molecule has 126 valence electrons. The summed E-state index contributed by atoms with van der Waals surface area (Å²) in [6.07, 6.45) is 5.39. The van der Waals surface area contributed by atoms with Gasteiger partial charge in [0.15, 0.2) is 0 Å². The molecule has 2 fully saturated rings. The number of carbonyl (C=O) groups is 1. The number of amides is 1. The Hall–Kier alpha value is -0.710. The van der Waals surface area contributed by atoms with Crippen LogP contribution in [0.4, 0.5) is 0 Å². The van der Waals surface area contributed by atoms with Crippen molar-refractivity contribution in [2.75, 3.05) is 25.4 Å². The van der Waals surface area contributed by atoms with Crippen molar-refractivity contribution >= 4 is 29.3 Å². The molecule has 0 bridgehead atoms. The summed E-state index contributed by atoms with van der Waals surface area (Å²) in [5, 5.41) is 4.41. The lowest BCUT2D eigenvalue weighted by molar-refractivity contribution is -0.130. The minimum Gasteiger partial charge on any atom is -0.342 e. The van der Waals surface area contributed by atoms with E-state index in [0.29, 0.717) is 18.4 Å². The number of likely N-dealkylation sites (tertiary alicyclic amines) is 1. The molecular formula is C18H25ClN2OS. The van der Waals surface area contributed by atoms with E-state index in [0.717, 1.165) is 49.2 Å². The van der Waals surface area contributed by atoms with Crippen LogP contribution < -0.4 is 5.32 Å². The number of nitrogens with zero attached hydrogens (tertiary/aromatic N) is 1. The second-order valence-electron chi connectivity index (χ2n) is 6.56. The summed E-state index contributed by atoms with van der Waals surface area (Å²) in [7, 11) is 0. The molecule has 1 aromatic carbocycles. The molecule has 1 heterocycles. The van der Waals surface area contributed by atoms with Gasteiger partial charge in [-0.3, -0.25) is 4.79 Å². The van der Waals surface area contributed by atoms with Crippen LogP contribution in [-0.4, -0.2) is 42.2 Å². The first kappa shape index (κ1) is 17.1. The van der Waals surface area contributed by atoms with Crippen molar-refractivity contribution < 1.29 is 4.79 Å². The van der Waals surface area contributed by atoms with Crippen molar-refractivity contribution in [2.24, 2.45) is 5.92 Å². The van der Waals surface area contributed by atoms with Crippen LogP contribution in [0.15, 0.2) is 29.2 Å². The van der Waals surface area contributed by atoms with Gasteiger partial charge in [-0.15, -0.1) is 11.8 Å². The van der Waals surface area contributed by atoms with Crippen LogP contribution in [-0.2, 0) is 4.79 Å². The molecule has 3 rings (SSSR count). The van der Waals surface area contributed by atoms with Crippen molar-refractivity contribution in [3.8, 4) is 0 Å². The molecule has 1 atom stereocenters. The standard InChI is InChI=1S/C18H25ClN2OS/c19-15-3-6-17(7-4-15)23-12-10-20-16-5-8-18(22)21(11-9-16)13-14-1-2-14/h3-4,6-7,14,16,20H,1-2,5,8-13H2. The largest absolute Gasteiger partial charge is 0.342 e. The number of rotatable bonds is 7. The number of nitrogens with one attached hydrogen (secondary N) is 1. The minimum atomic E-state index is 0.358. The third-order valence-electron chi connectivity index (χ3n) is 4.60. The SMILES string of the molecule is O=C1CCC(NCCSc2ccc(Cl)cc2)CCN1CC1CC1. The summed E-state index contributed by atoms with van der Waals surface area (Å²) in [6.45, 7) is 2.91. The maximum absolute atomic E-state index is 12.1. The normalized spacial score (nSPS) is 22.2. The van der Waals surface area contributed by atoms with Crippen LogP contribution in [0.1, 0.15) is 32.1 Å². The quantitative estimate of drug-likeness (QED) is 0.598. The second-order valence-corrected chi connectivity index (χ2v) is 8.17. The highest BCUT2D eigenvalue weighted by atomic mass is 35.5. The van der Waals surface area contributed by atoms with E-state index in [9.17, 15) is 4.79 Å². The van der Waals surface area contributed by atoms with Gasteiger partial charge >= 0.3 is 0 Å². The van der Waals surface area contributed by atoms with Gasteiger partial charge in [-0.05, 0) is 55.9 Å². The summed E-state index contributed by atoms with van der Waals surface area (Å²) < 4.78 is 0. The Kier molecular flexibility index (Phi) is 6.26. The number of halogens is 1. The fourth-order valence-corrected chi connectivity index (χ4v) is 3.92. The Morgan fingerprint density at radius 1 is 1.17 bits per heavy atom. The van der Waals surface area contributed by atoms with Gasteiger partial charge in [0.25, 0.3) is 0 Å². The lowest BCUT2D eigenvalue weighted by Gasteiger charge is -2.20. The third-order valence-corrected chi connectivity index (χ3v) is 5.87. The molecule has 0 radical (unpaired) electrons. The van der Waals surface area contributed by atoms with E-state index in [-0.39, 0.29) is 0 Å². The van der Waals surface area contributed by atoms with Crippen LogP contribution in [0.2, 0.25) is 5.02 Å². The van der Waals surface area contributed by atoms with E-state index >= 15 is 0 Å². The van der Waals surface area contributed by atoms with E-state index < -0.39 is 0 Å². The van der Waals surface area contributed by atoms with Gasteiger partial charge in [-0.25, -0.2) is 0 Å². The molecule has 1 amide bonds. The fraction of sp³-hybridized carbons (Fsp3) is 0.611. The van der Waals surface area contributed by atoms with Gasteiger partial charge in [0, 0.05) is 47.8 Å². The first-order valence-electron chi connectivity index (χ1n) is 8.60. The summed E-state index contributed by atoms with van der Waals surface area (Å²) in [5.74, 6) is 2.19. The fourth-order valence-electron chi connectivity index (χ4n) is 3.01. The molecule has 1 aliphatic heterocycles. The van der Waals surface area contributed by atoms with Crippen LogP contribution in [0.5, 0.6) is 0 Å². The molecule has 1 N–H and O–H groups in total. The van der Waals surface area contributed by atoms with Crippen molar-refractivity contribution in [3.05, 3.63) is 29.3 Å². The maximum atomic E-state index is 12.1. The topological polar surface area (TPSA) is 32.3 Å². The second kappa shape index (κ2) is 8.41. The van der Waals surface area contributed by atoms with Crippen molar-refractivity contribution in [3.63, 3.8) is 0 Å². The summed E-state index contributed by atoms with van der Waals surface area (Å²) >= 11 is 7.74. The zero-order chi connectivity index (χ0) is 16.1. The van der Waals surface area contributed by atoms with Crippen LogP contribution in [0, 0.1) is 5.92 Å². The van der Waals surface area contributed by atoms with Gasteiger partial charge in [0.05, 0.1) is 0 Å². The molecule has 23 heavy (non-hydrogen) atoms. The minimum absolute atomic E-state index is 0.358. The summed E-state index contributed by atoms with van der Waals surface area (Å²) in [4.78, 5) is 15.5. The van der Waals surface area contributed by atoms with Gasteiger partial charge < -0.3 is 10.2 Å². The predicted molar refractivity (Wildman–Crippen MR) is 97.1 cm³/mol. The molecule has 5 heteroatoms. The van der Waals surface area contributed by atoms with Gasteiger partial charge in [-0.1, -0.05) is 11.6 Å². The number of hydrogen-bond acceptors (Lipinski definition) is 3. The predicted octanol–water partition coefficient (Wildman–Crippen LogP) is 3.81. The lowest BCUT2D eigenvalue weighted by Crippen LogP contribution is -2.34. The van der Waals surface area contributed by atoms with E-state index in [1.54, 1.807) is 0 Å².